The highest BCUT2D eigenvalue weighted by Gasteiger charge is 2.10. The highest BCUT2D eigenvalue weighted by molar-refractivity contribution is 9.10. The summed E-state index contributed by atoms with van der Waals surface area (Å²) in [6, 6.07) is 3.75. The van der Waals surface area contributed by atoms with E-state index in [0.717, 1.165) is 10.0 Å². The number of methoxy groups -OCH3 is 1. The van der Waals surface area contributed by atoms with Crippen LogP contribution in [-0.4, -0.2) is 34.8 Å². The van der Waals surface area contributed by atoms with Crippen molar-refractivity contribution in [3.8, 4) is 11.5 Å². The molecule has 2 rings (SSSR count). The van der Waals surface area contributed by atoms with Crippen LogP contribution in [0.5, 0.6) is 11.5 Å². The molecule has 0 atom stereocenters. The monoisotopic (exact) mass is 324 g/mol. The van der Waals surface area contributed by atoms with Crippen molar-refractivity contribution in [1.82, 2.24) is 14.9 Å². The molecule has 0 saturated heterocycles. The fraction of sp³-hybridized carbons (Fsp3) is 0.250. The Hall–Kier alpha value is -1.89. The Morgan fingerprint density at radius 3 is 2.74 bits per heavy atom. The van der Waals surface area contributed by atoms with Crippen LogP contribution >= 0.6 is 15.9 Å². The number of ether oxygens (including phenoxy) is 2. The first-order valence-electron chi connectivity index (χ1n) is 5.64. The van der Waals surface area contributed by atoms with Gasteiger partial charge in [0.25, 0.3) is 0 Å². The lowest BCUT2D eigenvalue weighted by atomic mass is 10.2. The number of benzene rings is 1. The molecule has 0 N–H and O–H groups in total. The first kappa shape index (κ1) is 13.5. The van der Waals surface area contributed by atoms with E-state index < -0.39 is 0 Å². The van der Waals surface area contributed by atoms with Gasteiger partial charge in [0.15, 0.2) is 11.5 Å². The van der Waals surface area contributed by atoms with Gasteiger partial charge >= 0.3 is 0 Å². The topological polar surface area (TPSA) is 61.5 Å². The zero-order valence-electron chi connectivity index (χ0n) is 10.6. The molecule has 0 fully saturated rings. The fourth-order valence-corrected chi connectivity index (χ4v) is 2.06. The second-order valence-electron chi connectivity index (χ2n) is 3.55. The molecule has 19 heavy (non-hydrogen) atoms. The fourth-order valence-electron chi connectivity index (χ4n) is 1.49. The maximum absolute atomic E-state index is 5.52. The van der Waals surface area contributed by atoms with Gasteiger partial charge in [0, 0.05) is 0 Å². The van der Waals surface area contributed by atoms with Crippen molar-refractivity contribution in [1.29, 1.82) is 0 Å². The van der Waals surface area contributed by atoms with Crippen molar-refractivity contribution in [2.24, 2.45) is 5.10 Å². The molecule has 0 bridgehead atoms. The van der Waals surface area contributed by atoms with Crippen molar-refractivity contribution >= 4 is 22.1 Å². The van der Waals surface area contributed by atoms with E-state index in [9.17, 15) is 0 Å². The van der Waals surface area contributed by atoms with Crippen LogP contribution in [0.25, 0.3) is 0 Å². The van der Waals surface area contributed by atoms with Crippen molar-refractivity contribution in [3.63, 3.8) is 0 Å². The Kier molecular flexibility index (Phi) is 4.51. The lowest BCUT2D eigenvalue weighted by molar-refractivity contribution is 0.309. The summed E-state index contributed by atoms with van der Waals surface area (Å²) < 4.78 is 13.2. The average molecular weight is 325 g/mol. The Balaban J connectivity index is 2.30. The van der Waals surface area contributed by atoms with Crippen LogP contribution < -0.4 is 9.47 Å². The summed E-state index contributed by atoms with van der Waals surface area (Å²) in [6.07, 6.45) is 4.71. The first-order chi connectivity index (χ1) is 9.24. The minimum atomic E-state index is 0.573. The number of hydrogen-bond acceptors (Lipinski definition) is 5. The van der Waals surface area contributed by atoms with Gasteiger partial charge in [0.2, 0.25) is 0 Å². The predicted molar refractivity (Wildman–Crippen MR) is 74.9 cm³/mol. The number of aromatic nitrogens is 3. The normalized spacial score (nSPS) is 10.9. The SMILES string of the molecule is CCOc1c(Br)cc(/C=N\n2cnnc2)cc1OC. The standard InChI is InChI=1S/C12H13BrN4O2/c1-3-19-12-10(13)4-9(5-11(12)18-2)6-16-17-7-14-15-8-17/h4-8H,3H2,1-2H3/b16-6-. The lowest BCUT2D eigenvalue weighted by Crippen LogP contribution is -1.98. The Labute approximate surface area is 119 Å². The van der Waals surface area contributed by atoms with Gasteiger partial charge in [0.1, 0.15) is 12.7 Å². The van der Waals surface area contributed by atoms with Gasteiger partial charge in [-0.15, -0.1) is 10.2 Å². The molecule has 100 valence electrons. The summed E-state index contributed by atoms with van der Waals surface area (Å²) in [4.78, 5) is 0. The molecular weight excluding hydrogens is 312 g/mol. The van der Waals surface area contributed by atoms with Crippen LogP contribution in [0.1, 0.15) is 12.5 Å². The Morgan fingerprint density at radius 2 is 2.11 bits per heavy atom. The molecule has 0 aliphatic rings. The second kappa shape index (κ2) is 6.33. The van der Waals surface area contributed by atoms with Crippen LogP contribution in [0.3, 0.4) is 0 Å². The van der Waals surface area contributed by atoms with Gasteiger partial charge in [-0.1, -0.05) is 0 Å². The summed E-state index contributed by atoms with van der Waals surface area (Å²) >= 11 is 3.46. The van der Waals surface area contributed by atoms with Crippen LogP contribution in [-0.2, 0) is 0 Å². The Bertz CT molecular complexity index is 569. The van der Waals surface area contributed by atoms with Crippen LogP contribution in [0.4, 0.5) is 0 Å². The number of halogens is 1. The third-order valence-corrected chi connectivity index (χ3v) is 2.88. The van der Waals surface area contributed by atoms with Crippen molar-refractivity contribution in [2.45, 2.75) is 6.92 Å². The van der Waals surface area contributed by atoms with Crippen LogP contribution in [0.15, 0.2) is 34.4 Å². The third-order valence-electron chi connectivity index (χ3n) is 2.29. The number of nitrogens with zero attached hydrogens (tertiary/aromatic N) is 4. The highest BCUT2D eigenvalue weighted by atomic mass is 79.9. The molecule has 0 unspecified atom stereocenters. The van der Waals surface area contributed by atoms with E-state index in [1.807, 2.05) is 19.1 Å². The van der Waals surface area contributed by atoms with E-state index in [1.54, 1.807) is 13.3 Å². The highest BCUT2D eigenvalue weighted by Crippen LogP contribution is 2.36. The molecule has 0 saturated carbocycles. The van der Waals surface area contributed by atoms with Crippen molar-refractivity contribution in [3.05, 3.63) is 34.8 Å². The first-order valence-corrected chi connectivity index (χ1v) is 6.43. The molecule has 0 aliphatic heterocycles. The zero-order chi connectivity index (χ0) is 13.7. The third kappa shape index (κ3) is 3.31. The average Bonchev–Trinajstić information content (AvgIpc) is 2.92. The number of hydrogen-bond donors (Lipinski definition) is 0. The van der Waals surface area contributed by atoms with E-state index >= 15 is 0 Å². The summed E-state index contributed by atoms with van der Waals surface area (Å²) in [5.41, 5.74) is 0.876. The van der Waals surface area contributed by atoms with Crippen molar-refractivity contribution in [2.75, 3.05) is 13.7 Å². The predicted octanol–water partition coefficient (Wildman–Crippen LogP) is 2.33. The summed E-state index contributed by atoms with van der Waals surface area (Å²) in [5.74, 6) is 1.34. The molecule has 7 heteroatoms. The van der Waals surface area contributed by atoms with Gasteiger partial charge in [-0.3, -0.25) is 0 Å². The molecular formula is C12H13BrN4O2. The summed E-state index contributed by atoms with van der Waals surface area (Å²) in [6.45, 7) is 2.50. The second-order valence-corrected chi connectivity index (χ2v) is 4.41. The smallest absolute Gasteiger partial charge is 0.175 e. The van der Waals surface area contributed by atoms with Crippen LogP contribution in [0, 0.1) is 0 Å². The molecule has 1 aromatic carbocycles. The molecule has 1 heterocycles. The molecule has 6 nitrogen and oxygen atoms in total. The largest absolute Gasteiger partial charge is 0.493 e. The quantitative estimate of drug-likeness (QED) is 0.792. The van der Waals surface area contributed by atoms with Gasteiger partial charge in [0.05, 0.1) is 24.4 Å². The van der Waals surface area contributed by atoms with Gasteiger partial charge in [-0.2, -0.15) is 5.10 Å². The van der Waals surface area contributed by atoms with E-state index in [4.69, 9.17) is 9.47 Å². The zero-order valence-corrected chi connectivity index (χ0v) is 12.2. The lowest BCUT2D eigenvalue weighted by Gasteiger charge is -2.11. The Morgan fingerprint density at radius 1 is 1.37 bits per heavy atom. The molecule has 0 amide bonds. The number of rotatable bonds is 5. The maximum Gasteiger partial charge on any atom is 0.175 e. The van der Waals surface area contributed by atoms with Gasteiger partial charge in [-0.25, -0.2) is 4.68 Å². The van der Waals surface area contributed by atoms with Crippen molar-refractivity contribution < 1.29 is 9.47 Å². The molecule has 1 aromatic heterocycles. The maximum atomic E-state index is 5.52. The van der Waals surface area contributed by atoms with E-state index in [0.29, 0.717) is 18.1 Å². The molecule has 2 aromatic rings. The minimum absolute atomic E-state index is 0.573. The summed E-state index contributed by atoms with van der Waals surface area (Å²) in [7, 11) is 1.60. The molecule has 0 aliphatic carbocycles. The van der Waals surface area contributed by atoms with Gasteiger partial charge in [-0.05, 0) is 40.5 Å². The molecule has 0 spiro atoms. The van der Waals surface area contributed by atoms with Gasteiger partial charge < -0.3 is 9.47 Å². The van der Waals surface area contributed by atoms with Crippen LogP contribution in [0.2, 0.25) is 0 Å². The van der Waals surface area contributed by atoms with E-state index in [2.05, 4.69) is 31.2 Å². The molecule has 0 radical (unpaired) electrons. The van der Waals surface area contributed by atoms with E-state index in [1.165, 1.54) is 17.3 Å². The van der Waals surface area contributed by atoms with E-state index in [-0.39, 0.29) is 0 Å². The minimum Gasteiger partial charge on any atom is -0.493 e. The summed E-state index contributed by atoms with van der Waals surface area (Å²) in [5, 5.41) is 11.5.